The molecule has 1 aromatic heterocycles. The molecule has 1 unspecified atom stereocenters. The molecule has 1 aliphatic heterocycles. The lowest BCUT2D eigenvalue weighted by Crippen LogP contribution is -2.29. The maximum Gasteiger partial charge on any atom is 0.301 e. The van der Waals surface area contributed by atoms with Gasteiger partial charge in [-0.3, -0.25) is 24.6 Å². The number of benzene rings is 2. The second kappa shape index (κ2) is 8.01. The Morgan fingerprint density at radius 2 is 1.79 bits per heavy atom. The van der Waals surface area contributed by atoms with Gasteiger partial charge in [0.15, 0.2) is 5.82 Å². The van der Waals surface area contributed by atoms with E-state index in [1.54, 1.807) is 42.5 Å². The molecular formula is C24H21N3O6. The van der Waals surface area contributed by atoms with E-state index in [9.17, 15) is 24.8 Å². The van der Waals surface area contributed by atoms with Crippen LogP contribution < -0.4 is 4.90 Å². The maximum atomic E-state index is 13.1. The summed E-state index contributed by atoms with van der Waals surface area (Å²) in [6, 6.07) is 14.3. The highest BCUT2D eigenvalue weighted by molar-refractivity contribution is 6.51. The number of hydrogen-bond acceptors (Lipinski definition) is 7. The molecule has 33 heavy (non-hydrogen) atoms. The minimum Gasteiger partial charge on any atom is -0.507 e. The average molecular weight is 447 g/mol. The lowest BCUT2D eigenvalue weighted by molar-refractivity contribution is -0.384. The Balaban J connectivity index is 1.95. The summed E-state index contributed by atoms with van der Waals surface area (Å²) in [7, 11) is 0. The van der Waals surface area contributed by atoms with Crippen LogP contribution in [-0.4, -0.2) is 26.9 Å². The van der Waals surface area contributed by atoms with Crippen molar-refractivity contribution in [1.82, 2.24) is 5.16 Å². The molecule has 0 radical (unpaired) electrons. The number of hydrogen-bond donors (Lipinski definition) is 1. The Hall–Kier alpha value is -4.27. The van der Waals surface area contributed by atoms with Gasteiger partial charge in [-0.2, -0.15) is 0 Å². The molecule has 0 bridgehead atoms. The van der Waals surface area contributed by atoms with Crippen LogP contribution in [0.2, 0.25) is 0 Å². The SMILES string of the molecule is CC(C)(C)c1cc(N2C(=O)C(=O)C(=C(O)c3ccccc3)C2c2cccc([N+](=O)[O-])c2)no1. The number of aliphatic hydroxyl groups excluding tert-OH is 1. The highest BCUT2D eigenvalue weighted by Crippen LogP contribution is 2.43. The van der Waals surface area contributed by atoms with E-state index < -0.39 is 28.1 Å². The number of nitrogens with zero attached hydrogens (tertiary/aromatic N) is 3. The largest absolute Gasteiger partial charge is 0.507 e. The van der Waals surface area contributed by atoms with Crippen molar-refractivity contribution < 1.29 is 24.1 Å². The minimum absolute atomic E-state index is 0.0747. The van der Waals surface area contributed by atoms with Crippen LogP contribution in [0, 0.1) is 10.1 Å². The lowest BCUT2D eigenvalue weighted by Gasteiger charge is -2.22. The smallest absolute Gasteiger partial charge is 0.301 e. The van der Waals surface area contributed by atoms with Crippen LogP contribution in [0.1, 0.15) is 43.7 Å². The molecule has 1 aliphatic rings. The van der Waals surface area contributed by atoms with E-state index in [0.29, 0.717) is 11.3 Å². The monoisotopic (exact) mass is 447 g/mol. The van der Waals surface area contributed by atoms with Crippen molar-refractivity contribution in [3.8, 4) is 0 Å². The molecule has 4 rings (SSSR count). The van der Waals surface area contributed by atoms with Crippen LogP contribution in [-0.2, 0) is 15.0 Å². The van der Waals surface area contributed by atoms with Crippen LogP contribution in [0.3, 0.4) is 0 Å². The van der Waals surface area contributed by atoms with Crippen LogP contribution in [0.15, 0.2) is 70.8 Å². The average Bonchev–Trinajstić information content (AvgIpc) is 3.37. The van der Waals surface area contributed by atoms with Crippen molar-refractivity contribution in [1.29, 1.82) is 0 Å². The Kier molecular flexibility index (Phi) is 5.33. The lowest BCUT2D eigenvalue weighted by atomic mass is 9.93. The molecule has 2 aromatic carbocycles. The van der Waals surface area contributed by atoms with Gasteiger partial charge in [-0.05, 0) is 5.56 Å². The fourth-order valence-corrected chi connectivity index (χ4v) is 3.68. The summed E-state index contributed by atoms with van der Waals surface area (Å²) in [5, 5.41) is 26.4. The zero-order valence-electron chi connectivity index (χ0n) is 18.2. The van der Waals surface area contributed by atoms with Gasteiger partial charge < -0.3 is 9.63 Å². The summed E-state index contributed by atoms with van der Waals surface area (Å²) >= 11 is 0. The fraction of sp³-hybridized carbons (Fsp3) is 0.208. The molecule has 2 heterocycles. The van der Waals surface area contributed by atoms with Crippen molar-refractivity contribution in [2.75, 3.05) is 4.90 Å². The van der Waals surface area contributed by atoms with Gasteiger partial charge in [-0.25, -0.2) is 0 Å². The molecule has 1 saturated heterocycles. The molecule has 1 atom stereocenters. The topological polar surface area (TPSA) is 127 Å². The van der Waals surface area contributed by atoms with Gasteiger partial charge in [0.2, 0.25) is 0 Å². The number of nitro groups is 1. The highest BCUT2D eigenvalue weighted by atomic mass is 16.6. The van der Waals surface area contributed by atoms with Gasteiger partial charge in [0, 0.05) is 29.2 Å². The highest BCUT2D eigenvalue weighted by Gasteiger charge is 2.48. The number of carbonyl (C=O) groups is 2. The number of non-ortho nitro benzene ring substituents is 1. The van der Waals surface area contributed by atoms with Gasteiger partial charge in [0.25, 0.3) is 11.5 Å². The summed E-state index contributed by atoms with van der Waals surface area (Å²) in [5.41, 5.74) is -0.202. The molecular weight excluding hydrogens is 426 g/mol. The molecule has 3 aromatic rings. The van der Waals surface area contributed by atoms with E-state index in [4.69, 9.17) is 4.52 Å². The number of aliphatic hydroxyl groups is 1. The molecule has 0 aliphatic carbocycles. The van der Waals surface area contributed by atoms with E-state index in [-0.39, 0.29) is 28.4 Å². The first kappa shape index (κ1) is 21.9. The maximum absolute atomic E-state index is 13.1. The molecule has 0 spiro atoms. The number of nitro benzene ring substituents is 1. The van der Waals surface area contributed by atoms with E-state index in [2.05, 4.69) is 5.16 Å². The number of Topliss-reactive ketones (excluding diaryl/α,β-unsaturated/α-hetero) is 1. The quantitative estimate of drug-likeness (QED) is 0.205. The number of ketones is 1. The predicted octanol–water partition coefficient (Wildman–Crippen LogP) is 4.51. The first-order chi connectivity index (χ1) is 15.6. The van der Waals surface area contributed by atoms with Crippen molar-refractivity contribution in [2.24, 2.45) is 0 Å². The fourth-order valence-electron chi connectivity index (χ4n) is 3.68. The normalized spacial score (nSPS) is 18.0. The Bertz CT molecular complexity index is 1290. The van der Waals surface area contributed by atoms with Crippen LogP contribution in [0.25, 0.3) is 5.76 Å². The second-order valence-corrected chi connectivity index (χ2v) is 8.69. The molecule has 168 valence electrons. The predicted molar refractivity (Wildman–Crippen MR) is 120 cm³/mol. The Morgan fingerprint density at radius 3 is 2.39 bits per heavy atom. The first-order valence-electron chi connectivity index (χ1n) is 10.2. The number of carbonyl (C=O) groups excluding carboxylic acids is 2. The van der Waals surface area contributed by atoms with Crippen molar-refractivity contribution >= 4 is 29.0 Å². The number of amides is 1. The van der Waals surface area contributed by atoms with Crippen molar-refractivity contribution in [3.05, 3.63) is 93.2 Å². The standard InChI is InChI=1S/C24H21N3O6/c1-24(2,3)17-13-18(25-33-17)26-20(15-10-7-11-16(12-15)27(31)32)19(22(29)23(26)30)21(28)14-8-5-4-6-9-14/h4-13,20,28H,1-3H3. The van der Waals surface area contributed by atoms with Crippen LogP contribution in [0.4, 0.5) is 11.5 Å². The second-order valence-electron chi connectivity index (χ2n) is 8.69. The zero-order chi connectivity index (χ0) is 23.9. The zero-order valence-corrected chi connectivity index (χ0v) is 18.2. The van der Waals surface area contributed by atoms with Crippen molar-refractivity contribution in [2.45, 2.75) is 32.2 Å². The number of aromatic nitrogens is 1. The third kappa shape index (κ3) is 3.89. The van der Waals surface area contributed by atoms with E-state index in [1.807, 2.05) is 20.8 Å². The van der Waals surface area contributed by atoms with E-state index >= 15 is 0 Å². The van der Waals surface area contributed by atoms with Crippen LogP contribution >= 0.6 is 0 Å². The number of rotatable bonds is 4. The van der Waals surface area contributed by atoms with Crippen LogP contribution in [0.5, 0.6) is 0 Å². The first-order valence-corrected chi connectivity index (χ1v) is 10.2. The minimum atomic E-state index is -1.14. The van der Waals surface area contributed by atoms with Gasteiger partial charge in [0.1, 0.15) is 11.5 Å². The summed E-state index contributed by atoms with van der Waals surface area (Å²) in [6.45, 7) is 5.70. The molecule has 1 amide bonds. The third-order valence-electron chi connectivity index (χ3n) is 5.37. The van der Waals surface area contributed by atoms with Crippen molar-refractivity contribution in [3.63, 3.8) is 0 Å². The summed E-state index contributed by atoms with van der Waals surface area (Å²) in [6.07, 6.45) is 0. The van der Waals surface area contributed by atoms with Gasteiger partial charge in [-0.15, -0.1) is 0 Å². The molecule has 9 heteroatoms. The molecule has 1 fully saturated rings. The Labute approximate surface area is 189 Å². The summed E-state index contributed by atoms with van der Waals surface area (Å²) in [4.78, 5) is 38.1. The Morgan fingerprint density at radius 1 is 1.09 bits per heavy atom. The molecule has 9 nitrogen and oxygen atoms in total. The molecule has 1 N–H and O–H groups in total. The molecule has 0 saturated carbocycles. The summed E-state index contributed by atoms with van der Waals surface area (Å²) < 4.78 is 5.41. The van der Waals surface area contributed by atoms with E-state index in [1.165, 1.54) is 18.2 Å². The van der Waals surface area contributed by atoms with Gasteiger partial charge >= 0.3 is 5.91 Å². The van der Waals surface area contributed by atoms with Gasteiger partial charge in [0.05, 0.1) is 16.5 Å². The summed E-state index contributed by atoms with van der Waals surface area (Å²) in [5.74, 6) is -1.66. The third-order valence-corrected chi connectivity index (χ3v) is 5.37. The number of anilines is 1. The van der Waals surface area contributed by atoms with Gasteiger partial charge in [-0.1, -0.05) is 68.4 Å². The van der Waals surface area contributed by atoms with E-state index in [0.717, 1.165) is 4.90 Å².